The van der Waals surface area contributed by atoms with E-state index in [0.717, 1.165) is 53.8 Å². The summed E-state index contributed by atoms with van der Waals surface area (Å²) < 4.78 is 5.22. The molecule has 4 heterocycles. The minimum Gasteiger partial charge on any atom is -0.290 e. The summed E-state index contributed by atoms with van der Waals surface area (Å²) in [6.07, 6.45) is 8.89. The first-order valence-corrected chi connectivity index (χ1v) is 12.6. The molecule has 5 rings (SSSR count). The SMILES string of the molecule is CCCCc1cn(-c2ncnn2C(C)CC)c(=O)n1Cc1cc(-c2cccc(-c3nnn[nH]3)c2)ccn1. The van der Waals surface area contributed by atoms with Gasteiger partial charge in [0.25, 0.3) is 0 Å². The van der Waals surface area contributed by atoms with Crippen LogP contribution in [-0.2, 0) is 13.0 Å². The molecule has 0 bridgehead atoms. The van der Waals surface area contributed by atoms with Crippen molar-refractivity contribution in [2.24, 2.45) is 0 Å². The maximum Gasteiger partial charge on any atom is 0.335 e. The van der Waals surface area contributed by atoms with Crippen LogP contribution in [0.4, 0.5) is 0 Å². The molecular formula is C26H30N10O. The number of imidazole rings is 1. The fourth-order valence-corrected chi connectivity index (χ4v) is 4.33. The van der Waals surface area contributed by atoms with Crippen LogP contribution in [0.25, 0.3) is 28.5 Å². The van der Waals surface area contributed by atoms with Crippen LogP contribution in [0.3, 0.4) is 0 Å². The van der Waals surface area contributed by atoms with Gasteiger partial charge in [0.15, 0.2) is 5.82 Å². The average Bonchev–Trinajstić information content (AvgIpc) is 3.69. The zero-order chi connectivity index (χ0) is 25.8. The molecule has 37 heavy (non-hydrogen) atoms. The van der Waals surface area contributed by atoms with Gasteiger partial charge in [0.2, 0.25) is 5.95 Å². The normalized spacial score (nSPS) is 12.2. The van der Waals surface area contributed by atoms with Gasteiger partial charge in [-0.15, -0.1) is 5.10 Å². The van der Waals surface area contributed by atoms with Gasteiger partial charge in [0.05, 0.1) is 18.3 Å². The van der Waals surface area contributed by atoms with E-state index >= 15 is 0 Å². The third-order valence-electron chi connectivity index (χ3n) is 6.58. The van der Waals surface area contributed by atoms with Gasteiger partial charge in [-0.2, -0.15) is 10.1 Å². The lowest BCUT2D eigenvalue weighted by atomic mass is 10.0. The Morgan fingerprint density at radius 2 is 1.89 bits per heavy atom. The lowest BCUT2D eigenvalue weighted by Gasteiger charge is -2.11. The number of tetrazole rings is 1. The summed E-state index contributed by atoms with van der Waals surface area (Å²) in [6, 6.07) is 12.1. The quantitative estimate of drug-likeness (QED) is 0.310. The second-order valence-corrected chi connectivity index (χ2v) is 9.09. The van der Waals surface area contributed by atoms with E-state index in [0.29, 0.717) is 18.3 Å². The molecule has 0 fully saturated rings. The van der Waals surface area contributed by atoms with Crippen LogP contribution in [-0.4, -0.2) is 49.5 Å². The van der Waals surface area contributed by atoms with Crippen molar-refractivity contribution in [2.75, 3.05) is 0 Å². The first-order chi connectivity index (χ1) is 18.1. The van der Waals surface area contributed by atoms with E-state index < -0.39 is 0 Å². The van der Waals surface area contributed by atoms with E-state index in [9.17, 15) is 4.79 Å². The smallest absolute Gasteiger partial charge is 0.290 e. The minimum atomic E-state index is -0.143. The number of hydrogen-bond donors (Lipinski definition) is 1. The molecule has 0 aliphatic heterocycles. The Hall–Kier alpha value is -4.41. The van der Waals surface area contributed by atoms with Crippen molar-refractivity contribution in [3.8, 4) is 28.5 Å². The monoisotopic (exact) mass is 498 g/mol. The van der Waals surface area contributed by atoms with Gasteiger partial charge >= 0.3 is 5.69 Å². The number of benzene rings is 1. The third-order valence-corrected chi connectivity index (χ3v) is 6.58. The Balaban J connectivity index is 1.50. The predicted molar refractivity (Wildman–Crippen MR) is 139 cm³/mol. The second kappa shape index (κ2) is 10.7. The van der Waals surface area contributed by atoms with Crippen LogP contribution in [0, 0.1) is 0 Å². The molecule has 0 aliphatic rings. The van der Waals surface area contributed by atoms with Crippen molar-refractivity contribution >= 4 is 0 Å². The van der Waals surface area contributed by atoms with Crippen molar-refractivity contribution in [2.45, 2.75) is 59.0 Å². The van der Waals surface area contributed by atoms with Gasteiger partial charge in [-0.05, 0) is 65.9 Å². The van der Waals surface area contributed by atoms with Gasteiger partial charge in [-0.25, -0.2) is 19.1 Å². The molecule has 0 saturated carbocycles. The molecule has 1 atom stereocenters. The van der Waals surface area contributed by atoms with Crippen LogP contribution >= 0.6 is 0 Å². The average molecular weight is 499 g/mol. The van der Waals surface area contributed by atoms with Gasteiger partial charge in [-0.3, -0.25) is 9.55 Å². The maximum atomic E-state index is 13.6. The summed E-state index contributed by atoms with van der Waals surface area (Å²) in [6.45, 7) is 6.67. The van der Waals surface area contributed by atoms with Crippen LogP contribution in [0.15, 0.2) is 59.9 Å². The molecule has 190 valence electrons. The third kappa shape index (κ3) is 4.97. The Morgan fingerprint density at radius 3 is 2.68 bits per heavy atom. The molecule has 1 N–H and O–H groups in total. The fraction of sp³-hybridized carbons (Fsp3) is 0.346. The second-order valence-electron chi connectivity index (χ2n) is 9.09. The Morgan fingerprint density at radius 1 is 1.05 bits per heavy atom. The summed E-state index contributed by atoms with van der Waals surface area (Å²) in [5.41, 5.74) is 4.51. The number of pyridine rings is 1. The first kappa shape index (κ1) is 24.3. The molecular weight excluding hydrogens is 468 g/mol. The van der Waals surface area contributed by atoms with E-state index in [2.05, 4.69) is 56.5 Å². The Labute approximate surface area is 214 Å². The zero-order valence-corrected chi connectivity index (χ0v) is 21.2. The highest BCUT2D eigenvalue weighted by Crippen LogP contribution is 2.25. The summed E-state index contributed by atoms with van der Waals surface area (Å²) in [7, 11) is 0. The molecule has 11 nitrogen and oxygen atoms in total. The molecule has 0 radical (unpaired) electrons. The van der Waals surface area contributed by atoms with Crippen molar-refractivity contribution in [1.29, 1.82) is 0 Å². The van der Waals surface area contributed by atoms with E-state index in [1.54, 1.807) is 15.3 Å². The zero-order valence-electron chi connectivity index (χ0n) is 21.2. The topological polar surface area (TPSA) is 125 Å². The van der Waals surface area contributed by atoms with E-state index in [-0.39, 0.29) is 11.7 Å². The molecule has 1 unspecified atom stereocenters. The summed E-state index contributed by atoms with van der Waals surface area (Å²) in [5, 5.41) is 18.5. The highest BCUT2D eigenvalue weighted by atomic mass is 16.2. The lowest BCUT2D eigenvalue weighted by Crippen LogP contribution is -2.27. The highest BCUT2D eigenvalue weighted by Gasteiger charge is 2.19. The van der Waals surface area contributed by atoms with Crippen LogP contribution in [0.2, 0.25) is 0 Å². The number of nitrogens with zero attached hydrogens (tertiary/aromatic N) is 9. The number of nitrogens with one attached hydrogen (secondary N) is 1. The van der Waals surface area contributed by atoms with Crippen molar-refractivity contribution in [3.63, 3.8) is 0 Å². The fourth-order valence-electron chi connectivity index (χ4n) is 4.33. The molecule has 11 heteroatoms. The maximum absolute atomic E-state index is 13.6. The van der Waals surface area contributed by atoms with Crippen LogP contribution in [0.5, 0.6) is 0 Å². The van der Waals surface area contributed by atoms with Crippen molar-refractivity contribution in [3.05, 3.63) is 77.0 Å². The van der Waals surface area contributed by atoms with Gasteiger partial charge in [-0.1, -0.05) is 38.5 Å². The van der Waals surface area contributed by atoms with Gasteiger partial charge in [0.1, 0.15) is 6.33 Å². The molecule has 4 aromatic heterocycles. The first-order valence-electron chi connectivity index (χ1n) is 12.6. The highest BCUT2D eigenvalue weighted by molar-refractivity contribution is 5.70. The van der Waals surface area contributed by atoms with Crippen LogP contribution in [0.1, 0.15) is 57.5 Å². The minimum absolute atomic E-state index is 0.133. The summed E-state index contributed by atoms with van der Waals surface area (Å²) >= 11 is 0. The van der Waals surface area contributed by atoms with Gasteiger partial charge in [0, 0.05) is 23.7 Å². The molecule has 1 aromatic carbocycles. The van der Waals surface area contributed by atoms with Crippen molar-refractivity contribution < 1.29 is 0 Å². The summed E-state index contributed by atoms with van der Waals surface area (Å²) in [5.74, 6) is 1.14. The Bertz CT molecular complexity index is 1530. The molecule has 0 spiro atoms. The predicted octanol–water partition coefficient (Wildman–Crippen LogP) is 3.83. The number of rotatable bonds is 10. The molecule has 0 saturated heterocycles. The number of aryl methyl sites for hydroxylation is 1. The molecule has 5 aromatic rings. The lowest BCUT2D eigenvalue weighted by molar-refractivity contribution is 0.466. The number of aromatic nitrogens is 10. The number of aromatic amines is 1. The molecule has 0 amide bonds. The molecule has 0 aliphatic carbocycles. The standard InChI is InChI=1S/C26H30N10O/c1-4-6-10-23-16-35(25-28-17-29-36(25)18(3)5-2)26(37)34(23)15-22-14-20(11-12-27-22)19-8-7-9-21(13-19)24-30-32-33-31-24/h7-9,11-14,16-18H,4-6,10,15H2,1-3H3,(H,30,31,32,33). The Kier molecular flexibility index (Phi) is 7.02. The van der Waals surface area contributed by atoms with Crippen molar-refractivity contribution in [1.82, 2.24) is 49.5 Å². The summed E-state index contributed by atoms with van der Waals surface area (Å²) in [4.78, 5) is 22.6. The van der Waals surface area contributed by atoms with E-state index in [4.69, 9.17) is 0 Å². The van der Waals surface area contributed by atoms with Gasteiger partial charge < -0.3 is 0 Å². The number of unbranched alkanes of at least 4 members (excludes halogenated alkanes) is 1. The number of hydrogen-bond acceptors (Lipinski definition) is 7. The van der Waals surface area contributed by atoms with E-state index in [1.165, 1.54) is 6.33 Å². The van der Waals surface area contributed by atoms with Crippen LogP contribution < -0.4 is 5.69 Å². The number of H-pyrrole nitrogens is 1. The largest absolute Gasteiger partial charge is 0.335 e. The van der Waals surface area contributed by atoms with E-state index in [1.807, 2.05) is 47.3 Å².